The number of para-hydroxylation sites is 1. The van der Waals surface area contributed by atoms with E-state index in [9.17, 15) is 9.90 Å². The van der Waals surface area contributed by atoms with Crippen LogP contribution in [0.5, 0.6) is 0 Å². The highest BCUT2D eigenvalue weighted by Crippen LogP contribution is 2.22. The molecule has 1 amide bonds. The molecule has 1 fully saturated rings. The zero-order chi connectivity index (χ0) is 16.4. The van der Waals surface area contributed by atoms with Gasteiger partial charge in [0.15, 0.2) is 0 Å². The van der Waals surface area contributed by atoms with Gasteiger partial charge < -0.3 is 10.4 Å². The molecular weight excluding hydrogens is 292 g/mol. The number of rotatable bonds is 4. The minimum absolute atomic E-state index is 0.0714. The van der Waals surface area contributed by atoms with Gasteiger partial charge in [0.05, 0.1) is 35.4 Å². The van der Waals surface area contributed by atoms with Crippen LogP contribution < -0.4 is 5.32 Å². The lowest BCUT2D eigenvalue weighted by molar-refractivity contribution is -0.117. The highest BCUT2D eigenvalue weighted by Gasteiger charge is 2.23. The van der Waals surface area contributed by atoms with Crippen molar-refractivity contribution in [3.05, 3.63) is 41.7 Å². The fourth-order valence-electron chi connectivity index (χ4n) is 2.98. The maximum atomic E-state index is 12.3. The number of amides is 1. The van der Waals surface area contributed by atoms with Crippen molar-refractivity contribution in [1.82, 2.24) is 14.7 Å². The van der Waals surface area contributed by atoms with Crippen LogP contribution in [0, 0.1) is 13.8 Å². The third kappa shape index (κ3) is 3.43. The second kappa shape index (κ2) is 6.52. The lowest BCUT2D eigenvalue weighted by Crippen LogP contribution is -2.32. The fourth-order valence-corrected chi connectivity index (χ4v) is 2.98. The quantitative estimate of drug-likeness (QED) is 0.897. The van der Waals surface area contributed by atoms with E-state index in [-0.39, 0.29) is 12.0 Å². The predicted octanol–water partition coefficient (Wildman–Crippen LogP) is 1.49. The summed E-state index contributed by atoms with van der Waals surface area (Å²) in [5.41, 5.74) is 3.43. The van der Waals surface area contributed by atoms with E-state index in [2.05, 4.69) is 10.4 Å². The topological polar surface area (TPSA) is 70.4 Å². The molecule has 0 bridgehead atoms. The molecule has 1 atom stereocenters. The van der Waals surface area contributed by atoms with Gasteiger partial charge >= 0.3 is 0 Å². The van der Waals surface area contributed by atoms with Crippen LogP contribution in [0.25, 0.3) is 5.69 Å². The standard InChI is InChI=1S/C17H22N4O2/c1-12-17(18-16(23)11-20-9-8-15(22)10-20)13(2)21(19-12)14-6-4-3-5-7-14/h3-7,15,22H,8-11H2,1-2H3,(H,18,23). The Labute approximate surface area is 135 Å². The first-order chi connectivity index (χ1) is 11.0. The monoisotopic (exact) mass is 314 g/mol. The Hall–Kier alpha value is -2.18. The van der Waals surface area contributed by atoms with Crippen molar-refractivity contribution in [1.29, 1.82) is 0 Å². The average molecular weight is 314 g/mol. The Morgan fingerprint density at radius 3 is 2.74 bits per heavy atom. The average Bonchev–Trinajstić information content (AvgIpc) is 3.06. The molecular formula is C17H22N4O2. The Morgan fingerprint density at radius 2 is 2.09 bits per heavy atom. The van der Waals surface area contributed by atoms with E-state index in [4.69, 9.17) is 0 Å². The molecule has 3 rings (SSSR count). The number of likely N-dealkylation sites (tertiary alicyclic amines) is 1. The van der Waals surface area contributed by atoms with Crippen LogP contribution in [-0.2, 0) is 4.79 Å². The number of anilines is 1. The van der Waals surface area contributed by atoms with Gasteiger partial charge in [-0.05, 0) is 32.4 Å². The van der Waals surface area contributed by atoms with Gasteiger partial charge in [0.1, 0.15) is 0 Å². The molecule has 2 heterocycles. The molecule has 6 heteroatoms. The summed E-state index contributed by atoms with van der Waals surface area (Å²) >= 11 is 0. The number of β-amino-alcohol motifs (C(OH)–C–C–N with tert-alkyl or cyclic N) is 1. The normalized spacial score (nSPS) is 18.3. The van der Waals surface area contributed by atoms with Gasteiger partial charge in [-0.25, -0.2) is 4.68 Å². The zero-order valence-electron chi connectivity index (χ0n) is 13.5. The number of nitrogens with one attached hydrogen (secondary N) is 1. The third-order valence-electron chi connectivity index (χ3n) is 4.17. The molecule has 2 aromatic rings. The summed E-state index contributed by atoms with van der Waals surface area (Å²) in [6, 6.07) is 9.85. The van der Waals surface area contributed by atoms with E-state index in [1.54, 1.807) is 0 Å². The Kier molecular flexibility index (Phi) is 4.45. The first-order valence-electron chi connectivity index (χ1n) is 7.86. The van der Waals surface area contributed by atoms with Gasteiger partial charge in [0.25, 0.3) is 0 Å². The third-order valence-corrected chi connectivity index (χ3v) is 4.17. The van der Waals surface area contributed by atoms with Gasteiger partial charge in [0, 0.05) is 13.1 Å². The van der Waals surface area contributed by atoms with E-state index in [0.717, 1.165) is 35.7 Å². The molecule has 0 saturated carbocycles. The summed E-state index contributed by atoms with van der Waals surface area (Å²) in [6.45, 7) is 5.46. The largest absolute Gasteiger partial charge is 0.392 e. The molecule has 122 valence electrons. The van der Waals surface area contributed by atoms with E-state index in [0.29, 0.717) is 13.1 Å². The molecule has 6 nitrogen and oxygen atoms in total. The van der Waals surface area contributed by atoms with Crippen LogP contribution in [0.4, 0.5) is 5.69 Å². The van der Waals surface area contributed by atoms with Gasteiger partial charge in [-0.3, -0.25) is 9.69 Å². The minimum Gasteiger partial charge on any atom is -0.392 e. The van der Waals surface area contributed by atoms with Gasteiger partial charge in [-0.1, -0.05) is 18.2 Å². The summed E-state index contributed by atoms with van der Waals surface area (Å²) in [7, 11) is 0. The van der Waals surface area contributed by atoms with Crippen molar-refractivity contribution in [3.63, 3.8) is 0 Å². The van der Waals surface area contributed by atoms with Crippen LogP contribution in [0.1, 0.15) is 17.8 Å². The minimum atomic E-state index is -0.313. The van der Waals surface area contributed by atoms with Gasteiger partial charge in [-0.2, -0.15) is 5.10 Å². The smallest absolute Gasteiger partial charge is 0.238 e. The van der Waals surface area contributed by atoms with Crippen molar-refractivity contribution in [3.8, 4) is 5.69 Å². The Bertz CT molecular complexity index is 696. The van der Waals surface area contributed by atoms with Crippen LogP contribution in [0.3, 0.4) is 0 Å². The van der Waals surface area contributed by atoms with Crippen LogP contribution in [0.15, 0.2) is 30.3 Å². The second-order valence-electron chi connectivity index (χ2n) is 6.02. The Morgan fingerprint density at radius 1 is 1.35 bits per heavy atom. The number of carbonyl (C=O) groups excluding carboxylic acids is 1. The molecule has 23 heavy (non-hydrogen) atoms. The highest BCUT2D eigenvalue weighted by atomic mass is 16.3. The maximum absolute atomic E-state index is 12.3. The molecule has 1 aliphatic heterocycles. The predicted molar refractivity (Wildman–Crippen MR) is 88.7 cm³/mol. The molecule has 2 N–H and O–H groups in total. The first-order valence-corrected chi connectivity index (χ1v) is 7.86. The number of nitrogens with zero attached hydrogens (tertiary/aromatic N) is 3. The summed E-state index contributed by atoms with van der Waals surface area (Å²) < 4.78 is 1.84. The first kappa shape index (κ1) is 15.7. The summed E-state index contributed by atoms with van der Waals surface area (Å²) in [5.74, 6) is -0.0714. The summed E-state index contributed by atoms with van der Waals surface area (Å²) in [4.78, 5) is 14.2. The summed E-state index contributed by atoms with van der Waals surface area (Å²) in [6.07, 6.45) is 0.421. The van der Waals surface area contributed by atoms with Crippen LogP contribution in [-0.4, -0.2) is 51.4 Å². The van der Waals surface area contributed by atoms with Gasteiger partial charge in [0.2, 0.25) is 5.91 Å². The van der Waals surface area contributed by atoms with Crippen LogP contribution >= 0.6 is 0 Å². The van der Waals surface area contributed by atoms with Crippen LogP contribution in [0.2, 0.25) is 0 Å². The lowest BCUT2D eigenvalue weighted by Gasteiger charge is -2.14. The number of aryl methyl sites for hydroxylation is 1. The maximum Gasteiger partial charge on any atom is 0.238 e. The highest BCUT2D eigenvalue weighted by molar-refractivity contribution is 5.93. The number of aromatic nitrogens is 2. The van der Waals surface area contributed by atoms with Crippen molar-refractivity contribution < 1.29 is 9.90 Å². The number of hydrogen-bond donors (Lipinski definition) is 2. The molecule has 1 aromatic heterocycles. The fraction of sp³-hybridized carbons (Fsp3) is 0.412. The van der Waals surface area contributed by atoms with E-state index in [1.807, 2.05) is 53.8 Å². The van der Waals surface area contributed by atoms with Crippen molar-refractivity contribution in [2.45, 2.75) is 26.4 Å². The van der Waals surface area contributed by atoms with E-state index in [1.165, 1.54) is 0 Å². The van der Waals surface area contributed by atoms with Crippen molar-refractivity contribution in [2.75, 3.05) is 25.0 Å². The SMILES string of the molecule is Cc1nn(-c2ccccc2)c(C)c1NC(=O)CN1CCC(O)C1. The number of aliphatic hydroxyl groups is 1. The molecule has 1 aliphatic rings. The molecule has 0 aliphatic carbocycles. The van der Waals surface area contributed by atoms with Crippen molar-refractivity contribution in [2.24, 2.45) is 0 Å². The Balaban J connectivity index is 1.73. The molecule has 0 radical (unpaired) electrons. The lowest BCUT2D eigenvalue weighted by atomic mass is 10.3. The van der Waals surface area contributed by atoms with Crippen molar-refractivity contribution >= 4 is 11.6 Å². The van der Waals surface area contributed by atoms with E-state index >= 15 is 0 Å². The molecule has 1 aromatic carbocycles. The zero-order valence-corrected chi connectivity index (χ0v) is 13.5. The number of aliphatic hydroxyl groups excluding tert-OH is 1. The number of carbonyl (C=O) groups is 1. The number of benzene rings is 1. The molecule has 1 saturated heterocycles. The second-order valence-corrected chi connectivity index (χ2v) is 6.02. The van der Waals surface area contributed by atoms with E-state index < -0.39 is 0 Å². The molecule has 1 unspecified atom stereocenters. The van der Waals surface area contributed by atoms with Gasteiger partial charge in [-0.15, -0.1) is 0 Å². The molecule has 0 spiro atoms. The summed E-state index contributed by atoms with van der Waals surface area (Å²) in [5, 5.41) is 17.0. The number of hydrogen-bond acceptors (Lipinski definition) is 4.